The Bertz CT molecular complexity index is 481. The van der Waals surface area contributed by atoms with Gasteiger partial charge in [0.15, 0.2) is 0 Å². The van der Waals surface area contributed by atoms with Crippen molar-refractivity contribution in [2.45, 2.75) is 19.4 Å². The predicted octanol–water partition coefficient (Wildman–Crippen LogP) is 2.96. The van der Waals surface area contributed by atoms with E-state index in [0.29, 0.717) is 0 Å². The molecule has 1 unspecified atom stereocenters. The molecule has 0 spiro atoms. The minimum atomic E-state index is 0.127. The Kier molecular flexibility index (Phi) is 4.28. The Morgan fingerprint density at radius 3 is 2.65 bits per heavy atom. The van der Waals surface area contributed by atoms with Crippen LogP contribution in [0.15, 0.2) is 34.9 Å². The Morgan fingerprint density at radius 2 is 2.12 bits per heavy atom. The normalized spacial score (nSPS) is 12.6. The lowest BCUT2D eigenvalue weighted by Crippen LogP contribution is -2.28. The molecule has 0 bridgehead atoms. The minimum Gasteiger partial charge on any atom is -0.271 e. The van der Waals surface area contributed by atoms with Gasteiger partial charge in [-0.1, -0.05) is 28.1 Å². The van der Waals surface area contributed by atoms with Gasteiger partial charge in [0.05, 0.1) is 11.0 Å². The van der Waals surface area contributed by atoms with Crippen molar-refractivity contribution in [2.75, 3.05) is 0 Å². The fourth-order valence-electron chi connectivity index (χ4n) is 1.64. The number of hydrogen-bond donors (Lipinski definition) is 2. The van der Waals surface area contributed by atoms with Crippen LogP contribution in [0.4, 0.5) is 0 Å². The van der Waals surface area contributed by atoms with Crippen molar-refractivity contribution in [3.8, 4) is 0 Å². The van der Waals surface area contributed by atoms with Gasteiger partial charge in [-0.15, -0.1) is 11.3 Å². The van der Waals surface area contributed by atoms with Crippen LogP contribution in [0.2, 0.25) is 0 Å². The van der Waals surface area contributed by atoms with Crippen LogP contribution in [-0.2, 0) is 6.42 Å². The smallest absolute Gasteiger partial charge is 0.0897 e. The third-order valence-electron chi connectivity index (χ3n) is 2.54. The standard InChI is InChI=1S/C12H14BrN3S/c1-8-15-7-12(17-8)11(16-14)6-9-2-4-10(13)5-3-9/h2-5,7,11,16H,6,14H2,1H3. The molecule has 17 heavy (non-hydrogen) atoms. The summed E-state index contributed by atoms with van der Waals surface area (Å²) in [6, 6.07) is 8.41. The Morgan fingerprint density at radius 1 is 1.41 bits per heavy atom. The van der Waals surface area contributed by atoms with Crippen LogP contribution in [0, 0.1) is 6.92 Å². The summed E-state index contributed by atoms with van der Waals surface area (Å²) >= 11 is 5.11. The minimum absolute atomic E-state index is 0.127. The number of halogens is 1. The van der Waals surface area contributed by atoms with Gasteiger partial charge in [0.2, 0.25) is 0 Å². The van der Waals surface area contributed by atoms with Gasteiger partial charge >= 0.3 is 0 Å². The summed E-state index contributed by atoms with van der Waals surface area (Å²) in [4.78, 5) is 5.43. The van der Waals surface area contributed by atoms with Gasteiger partial charge in [0, 0.05) is 15.5 Å². The molecule has 0 radical (unpaired) electrons. The largest absolute Gasteiger partial charge is 0.271 e. The van der Waals surface area contributed by atoms with Gasteiger partial charge in [-0.05, 0) is 31.0 Å². The molecule has 0 fully saturated rings. The van der Waals surface area contributed by atoms with Gasteiger partial charge in [0.1, 0.15) is 0 Å². The van der Waals surface area contributed by atoms with Crippen LogP contribution in [0.3, 0.4) is 0 Å². The number of aryl methyl sites for hydroxylation is 1. The number of hydrogen-bond acceptors (Lipinski definition) is 4. The van der Waals surface area contributed by atoms with Crippen LogP contribution in [0.5, 0.6) is 0 Å². The van der Waals surface area contributed by atoms with Crippen LogP contribution < -0.4 is 11.3 Å². The highest BCUT2D eigenvalue weighted by Gasteiger charge is 2.13. The molecule has 0 amide bonds. The molecule has 2 rings (SSSR count). The molecule has 3 N–H and O–H groups in total. The molecule has 0 aliphatic heterocycles. The second-order valence-corrected chi connectivity index (χ2v) is 6.01. The molecular weight excluding hydrogens is 298 g/mol. The summed E-state index contributed by atoms with van der Waals surface area (Å²) in [6.07, 6.45) is 2.76. The molecule has 1 aromatic heterocycles. The van der Waals surface area contributed by atoms with Crippen LogP contribution >= 0.6 is 27.3 Å². The topological polar surface area (TPSA) is 50.9 Å². The first-order chi connectivity index (χ1) is 8.19. The molecule has 0 saturated heterocycles. The Labute approximate surface area is 113 Å². The molecule has 90 valence electrons. The lowest BCUT2D eigenvalue weighted by molar-refractivity contribution is 0.559. The molecule has 2 aromatic rings. The van der Waals surface area contributed by atoms with E-state index in [-0.39, 0.29) is 6.04 Å². The first kappa shape index (κ1) is 12.7. The van der Waals surface area contributed by atoms with Crippen molar-refractivity contribution in [3.63, 3.8) is 0 Å². The van der Waals surface area contributed by atoms with Crippen molar-refractivity contribution < 1.29 is 0 Å². The fraction of sp³-hybridized carbons (Fsp3) is 0.250. The van der Waals surface area contributed by atoms with Gasteiger partial charge in [-0.25, -0.2) is 4.98 Å². The average Bonchev–Trinajstić information content (AvgIpc) is 2.75. The van der Waals surface area contributed by atoms with E-state index in [0.717, 1.165) is 15.9 Å². The maximum atomic E-state index is 5.61. The lowest BCUT2D eigenvalue weighted by Gasteiger charge is -2.13. The molecule has 0 saturated carbocycles. The zero-order chi connectivity index (χ0) is 12.3. The molecule has 0 aliphatic rings. The number of nitrogens with two attached hydrogens (primary N) is 1. The number of nitrogens with one attached hydrogen (secondary N) is 1. The first-order valence-electron chi connectivity index (χ1n) is 5.32. The van der Waals surface area contributed by atoms with Crippen molar-refractivity contribution in [1.29, 1.82) is 0 Å². The lowest BCUT2D eigenvalue weighted by atomic mass is 10.1. The number of rotatable bonds is 4. The van der Waals surface area contributed by atoms with Crippen LogP contribution in [0.1, 0.15) is 21.5 Å². The first-order valence-corrected chi connectivity index (χ1v) is 6.93. The Balaban J connectivity index is 2.12. The third kappa shape index (κ3) is 3.35. The van der Waals surface area contributed by atoms with Crippen LogP contribution in [-0.4, -0.2) is 4.98 Å². The van der Waals surface area contributed by atoms with E-state index in [1.54, 1.807) is 11.3 Å². The summed E-state index contributed by atoms with van der Waals surface area (Å²) in [5.41, 5.74) is 4.11. The summed E-state index contributed by atoms with van der Waals surface area (Å²) in [7, 11) is 0. The second kappa shape index (κ2) is 5.73. The van der Waals surface area contributed by atoms with Crippen molar-refractivity contribution >= 4 is 27.3 Å². The van der Waals surface area contributed by atoms with E-state index in [4.69, 9.17) is 5.84 Å². The molecule has 1 atom stereocenters. The zero-order valence-corrected chi connectivity index (χ0v) is 11.9. The average molecular weight is 312 g/mol. The number of thiazole rings is 1. The molecule has 1 heterocycles. The van der Waals surface area contributed by atoms with Gasteiger partial charge < -0.3 is 0 Å². The van der Waals surface area contributed by atoms with Gasteiger partial charge in [-0.2, -0.15) is 0 Å². The highest BCUT2D eigenvalue weighted by atomic mass is 79.9. The third-order valence-corrected chi connectivity index (χ3v) is 4.09. The maximum absolute atomic E-state index is 5.61. The molecule has 5 heteroatoms. The van der Waals surface area contributed by atoms with Crippen LogP contribution in [0.25, 0.3) is 0 Å². The van der Waals surface area contributed by atoms with E-state index in [1.165, 1.54) is 10.4 Å². The number of hydrazine groups is 1. The highest BCUT2D eigenvalue weighted by molar-refractivity contribution is 9.10. The van der Waals surface area contributed by atoms with E-state index >= 15 is 0 Å². The summed E-state index contributed by atoms with van der Waals surface area (Å²) in [6.45, 7) is 2.00. The highest BCUT2D eigenvalue weighted by Crippen LogP contribution is 2.23. The summed E-state index contributed by atoms with van der Waals surface area (Å²) in [5.74, 6) is 5.61. The van der Waals surface area contributed by atoms with E-state index in [2.05, 4.69) is 38.5 Å². The monoisotopic (exact) mass is 311 g/mol. The second-order valence-electron chi connectivity index (χ2n) is 3.83. The number of benzene rings is 1. The molecule has 1 aromatic carbocycles. The van der Waals surface area contributed by atoms with E-state index in [1.807, 2.05) is 25.3 Å². The summed E-state index contributed by atoms with van der Waals surface area (Å²) in [5, 5.41) is 1.07. The van der Waals surface area contributed by atoms with E-state index in [9.17, 15) is 0 Å². The summed E-state index contributed by atoms with van der Waals surface area (Å²) < 4.78 is 1.09. The predicted molar refractivity (Wildman–Crippen MR) is 74.8 cm³/mol. The Hall–Kier alpha value is -0.750. The maximum Gasteiger partial charge on any atom is 0.0897 e. The molecule has 0 aliphatic carbocycles. The number of nitrogens with zero attached hydrogens (tertiary/aromatic N) is 1. The van der Waals surface area contributed by atoms with Crippen molar-refractivity contribution in [2.24, 2.45) is 5.84 Å². The van der Waals surface area contributed by atoms with Crippen molar-refractivity contribution in [1.82, 2.24) is 10.4 Å². The SMILES string of the molecule is Cc1ncc(C(Cc2ccc(Br)cc2)NN)s1. The van der Waals surface area contributed by atoms with Gasteiger partial charge in [0.25, 0.3) is 0 Å². The molecule has 3 nitrogen and oxygen atoms in total. The zero-order valence-electron chi connectivity index (χ0n) is 9.48. The quantitative estimate of drug-likeness (QED) is 0.674. The molecular formula is C12H14BrN3S. The number of aromatic nitrogens is 1. The van der Waals surface area contributed by atoms with Crippen molar-refractivity contribution in [3.05, 3.63) is 50.4 Å². The van der Waals surface area contributed by atoms with Gasteiger partial charge in [-0.3, -0.25) is 11.3 Å². The van der Waals surface area contributed by atoms with E-state index < -0.39 is 0 Å². The fourth-order valence-corrected chi connectivity index (χ4v) is 2.75.